The second-order valence-corrected chi connectivity index (χ2v) is 6.06. The zero-order valence-corrected chi connectivity index (χ0v) is 14.3. The van der Waals surface area contributed by atoms with Crippen molar-refractivity contribution in [1.29, 1.82) is 0 Å². The van der Waals surface area contributed by atoms with E-state index in [1.807, 2.05) is 7.05 Å². The van der Waals surface area contributed by atoms with Crippen LogP contribution in [0.4, 0.5) is 0 Å². The highest BCUT2D eigenvalue weighted by Crippen LogP contribution is 2.28. The number of rotatable bonds is 7. The molecule has 0 bridgehead atoms. The van der Waals surface area contributed by atoms with Crippen molar-refractivity contribution in [2.24, 2.45) is 10.9 Å². The van der Waals surface area contributed by atoms with E-state index in [2.05, 4.69) is 71.6 Å². The summed E-state index contributed by atoms with van der Waals surface area (Å²) in [6.45, 7) is 9.67. The molecule has 22 heavy (non-hydrogen) atoms. The number of hydrogen-bond acceptors (Lipinski definition) is 2. The third-order valence-corrected chi connectivity index (χ3v) is 4.56. The summed E-state index contributed by atoms with van der Waals surface area (Å²) in [5, 5.41) is 7.00. The molecule has 0 saturated heterocycles. The van der Waals surface area contributed by atoms with Gasteiger partial charge < -0.3 is 10.6 Å². The molecule has 0 amide bonds. The maximum Gasteiger partial charge on any atom is 0.191 e. The molecule has 1 aromatic rings. The van der Waals surface area contributed by atoms with E-state index < -0.39 is 0 Å². The van der Waals surface area contributed by atoms with E-state index in [9.17, 15) is 0 Å². The Hall–Kier alpha value is -1.55. The highest BCUT2D eigenvalue weighted by Gasteiger charge is 2.33. The van der Waals surface area contributed by atoms with Crippen LogP contribution >= 0.6 is 0 Å². The lowest BCUT2D eigenvalue weighted by Gasteiger charge is -2.30. The van der Waals surface area contributed by atoms with Gasteiger partial charge >= 0.3 is 0 Å². The third kappa shape index (κ3) is 4.47. The topological polar surface area (TPSA) is 39.7 Å². The molecule has 1 aliphatic rings. The van der Waals surface area contributed by atoms with Gasteiger partial charge in [-0.15, -0.1) is 0 Å². The molecule has 3 atom stereocenters. The maximum absolute atomic E-state index is 4.36. The van der Waals surface area contributed by atoms with E-state index in [1.165, 1.54) is 12.0 Å². The zero-order chi connectivity index (χ0) is 15.9. The number of benzene rings is 1. The van der Waals surface area contributed by atoms with Crippen LogP contribution in [0.15, 0.2) is 35.3 Å². The fourth-order valence-corrected chi connectivity index (χ4v) is 2.88. The minimum Gasteiger partial charge on any atom is -0.354 e. The van der Waals surface area contributed by atoms with Crippen molar-refractivity contribution in [3.05, 3.63) is 35.9 Å². The number of aliphatic imine (C=N–C) groups is 1. The highest BCUT2D eigenvalue weighted by atomic mass is 15.2. The van der Waals surface area contributed by atoms with Gasteiger partial charge in [0.15, 0.2) is 5.96 Å². The molecule has 4 heteroatoms. The molecule has 1 saturated carbocycles. The third-order valence-electron chi connectivity index (χ3n) is 4.56. The fourth-order valence-electron chi connectivity index (χ4n) is 2.88. The van der Waals surface area contributed by atoms with Gasteiger partial charge in [0, 0.05) is 19.6 Å². The number of likely N-dealkylation sites (N-methyl/N-ethyl adjacent to an activating group) is 1. The van der Waals surface area contributed by atoms with E-state index in [4.69, 9.17) is 0 Å². The molecule has 2 rings (SSSR count). The van der Waals surface area contributed by atoms with Gasteiger partial charge in [0.25, 0.3) is 0 Å². The Morgan fingerprint density at radius 3 is 2.41 bits per heavy atom. The van der Waals surface area contributed by atoms with Gasteiger partial charge in [-0.2, -0.15) is 0 Å². The summed E-state index contributed by atoms with van der Waals surface area (Å²) in [6, 6.07) is 11.7. The fraction of sp³-hybridized carbons (Fsp3) is 0.611. The van der Waals surface area contributed by atoms with Crippen molar-refractivity contribution >= 4 is 5.96 Å². The molecule has 3 unspecified atom stereocenters. The molecular weight excluding hydrogens is 272 g/mol. The minimum absolute atomic E-state index is 0.367. The lowest BCUT2D eigenvalue weighted by molar-refractivity contribution is 0.219. The van der Waals surface area contributed by atoms with Crippen LogP contribution in [0.5, 0.6) is 0 Å². The maximum atomic E-state index is 4.36. The zero-order valence-electron chi connectivity index (χ0n) is 14.3. The molecular formula is C18H30N4. The van der Waals surface area contributed by atoms with E-state index in [-0.39, 0.29) is 0 Å². The monoisotopic (exact) mass is 302 g/mol. The van der Waals surface area contributed by atoms with Gasteiger partial charge in [0.05, 0.1) is 6.04 Å². The van der Waals surface area contributed by atoms with Crippen molar-refractivity contribution < 1.29 is 0 Å². The van der Waals surface area contributed by atoms with E-state index >= 15 is 0 Å². The number of nitrogens with zero attached hydrogens (tertiary/aromatic N) is 2. The van der Waals surface area contributed by atoms with Crippen LogP contribution < -0.4 is 10.6 Å². The minimum atomic E-state index is 0.367. The first kappa shape index (κ1) is 16.8. The molecule has 0 heterocycles. The summed E-state index contributed by atoms with van der Waals surface area (Å²) in [5.41, 5.74) is 1.36. The summed E-state index contributed by atoms with van der Waals surface area (Å²) in [4.78, 5) is 6.84. The second kappa shape index (κ2) is 8.18. The van der Waals surface area contributed by atoms with E-state index in [1.54, 1.807) is 0 Å². The summed E-state index contributed by atoms with van der Waals surface area (Å²) < 4.78 is 0. The van der Waals surface area contributed by atoms with Gasteiger partial charge in [-0.3, -0.25) is 9.89 Å². The summed E-state index contributed by atoms with van der Waals surface area (Å²) in [5.74, 6) is 1.69. The number of nitrogens with one attached hydrogen (secondary N) is 2. The SMILES string of the molecule is CCN(CC)C(CNC(=NC)NC1CC1C)c1ccccc1. The van der Waals surface area contributed by atoms with Crippen molar-refractivity contribution in [3.8, 4) is 0 Å². The smallest absolute Gasteiger partial charge is 0.191 e. The number of guanidine groups is 1. The molecule has 2 N–H and O–H groups in total. The first-order chi connectivity index (χ1) is 10.7. The molecule has 1 aliphatic carbocycles. The molecule has 0 spiro atoms. The van der Waals surface area contributed by atoms with Crippen LogP contribution in [0.2, 0.25) is 0 Å². The molecule has 122 valence electrons. The van der Waals surface area contributed by atoms with Crippen molar-refractivity contribution in [2.75, 3.05) is 26.7 Å². The Balaban J connectivity index is 1.99. The Labute approximate surface area is 135 Å². The lowest BCUT2D eigenvalue weighted by Crippen LogP contribution is -2.44. The normalized spacial score (nSPS) is 22.5. The van der Waals surface area contributed by atoms with E-state index in [0.29, 0.717) is 12.1 Å². The Kier molecular flexibility index (Phi) is 6.25. The first-order valence-corrected chi connectivity index (χ1v) is 8.45. The Morgan fingerprint density at radius 1 is 1.27 bits per heavy atom. The molecule has 0 aliphatic heterocycles. The van der Waals surface area contributed by atoms with Crippen molar-refractivity contribution in [1.82, 2.24) is 15.5 Å². The number of hydrogen-bond donors (Lipinski definition) is 2. The summed E-state index contributed by atoms with van der Waals surface area (Å²) in [7, 11) is 1.84. The van der Waals surface area contributed by atoms with Crippen molar-refractivity contribution in [3.63, 3.8) is 0 Å². The summed E-state index contributed by atoms with van der Waals surface area (Å²) >= 11 is 0. The van der Waals surface area contributed by atoms with Crippen LogP contribution in [0.3, 0.4) is 0 Å². The van der Waals surface area contributed by atoms with Crippen LogP contribution in [-0.2, 0) is 0 Å². The average Bonchev–Trinajstić information content (AvgIpc) is 3.25. The van der Waals surface area contributed by atoms with Crippen LogP contribution in [-0.4, -0.2) is 43.6 Å². The molecule has 1 fully saturated rings. The Bertz CT molecular complexity index is 467. The Morgan fingerprint density at radius 2 is 1.91 bits per heavy atom. The van der Waals surface area contributed by atoms with Gasteiger partial charge in [0.2, 0.25) is 0 Å². The molecule has 1 aromatic carbocycles. The lowest BCUT2D eigenvalue weighted by atomic mass is 10.1. The van der Waals surface area contributed by atoms with Gasteiger partial charge in [-0.25, -0.2) is 0 Å². The van der Waals surface area contributed by atoms with Gasteiger partial charge in [0.1, 0.15) is 0 Å². The standard InChI is InChI=1S/C18H30N4/c1-5-22(6-2)17(15-10-8-7-9-11-15)13-20-18(19-4)21-16-12-14(16)3/h7-11,14,16-17H,5-6,12-13H2,1-4H3,(H2,19,20,21). The average molecular weight is 302 g/mol. The van der Waals surface area contributed by atoms with Crippen LogP contribution in [0.25, 0.3) is 0 Å². The second-order valence-electron chi connectivity index (χ2n) is 6.06. The highest BCUT2D eigenvalue weighted by molar-refractivity contribution is 5.80. The predicted molar refractivity (Wildman–Crippen MR) is 94.2 cm³/mol. The molecule has 4 nitrogen and oxygen atoms in total. The van der Waals surface area contributed by atoms with Crippen LogP contribution in [0.1, 0.15) is 38.8 Å². The van der Waals surface area contributed by atoms with Gasteiger partial charge in [-0.05, 0) is 31.0 Å². The largest absolute Gasteiger partial charge is 0.354 e. The van der Waals surface area contributed by atoms with Crippen LogP contribution in [0, 0.1) is 5.92 Å². The molecule has 0 aromatic heterocycles. The summed E-state index contributed by atoms with van der Waals surface area (Å²) in [6.07, 6.45) is 1.25. The molecule has 0 radical (unpaired) electrons. The first-order valence-electron chi connectivity index (χ1n) is 8.45. The predicted octanol–water partition coefficient (Wildman–Crippen LogP) is 2.64. The quantitative estimate of drug-likeness (QED) is 0.601. The van der Waals surface area contributed by atoms with Crippen molar-refractivity contribution in [2.45, 2.75) is 39.3 Å². The van der Waals surface area contributed by atoms with Gasteiger partial charge in [-0.1, -0.05) is 51.1 Å². The van der Waals surface area contributed by atoms with E-state index in [0.717, 1.165) is 31.5 Å².